The highest BCUT2D eigenvalue weighted by Gasteiger charge is 2.21. The predicted octanol–water partition coefficient (Wildman–Crippen LogP) is 3.98. The highest BCUT2D eigenvalue weighted by atomic mass is 32.1. The van der Waals surface area contributed by atoms with Gasteiger partial charge in [0.1, 0.15) is 10.6 Å². The number of hydrogen-bond acceptors (Lipinski definition) is 4. The third-order valence-corrected chi connectivity index (χ3v) is 4.45. The van der Waals surface area contributed by atoms with E-state index in [1.807, 2.05) is 13.8 Å². The second-order valence-electron chi connectivity index (χ2n) is 5.61. The molecule has 0 atom stereocenters. The van der Waals surface area contributed by atoms with Gasteiger partial charge < -0.3 is 10.1 Å². The van der Waals surface area contributed by atoms with E-state index < -0.39 is 12.0 Å². The average molecular weight is 324 g/mol. The summed E-state index contributed by atoms with van der Waals surface area (Å²) in [6.45, 7) is 3.98. The van der Waals surface area contributed by atoms with Crippen molar-refractivity contribution in [1.29, 1.82) is 0 Å². The Labute approximate surface area is 128 Å². The lowest BCUT2D eigenvalue weighted by molar-refractivity contribution is 0.153. The molecule has 22 heavy (non-hydrogen) atoms. The van der Waals surface area contributed by atoms with Gasteiger partial charge in [-0.3, -0.25) is 4.79 Å². The van der Waals surface area contributed by atoms with Crippen molar-refractivity contribution in [2.45, 2.75) is 26.7 Å². The number of aromatic hydroxyl groups is 1. The van der Waals surface area contributed by atoms with Gasteiger partial charge in [0.25, 0.3) is 12.0 Å². The van der Waals surface area contributed by atoms with Crippen LogP contribution in [0.15, 0.2) is 16.9 Å². The SMILES string of the molecule is CC(C)Cc1cc(C(F)F)c2c(n1)sc1c(O)cc(=O)[nH]c12. The fourth-order valence-electron chi connectivity index (χ4n) is 2.52. The summed E-state index contributed by atoms with van der Waals surface area (Å²) in [5.74, 6) is 0.0745. The van der Waals surface area contributed by atoms with Gasteiger partial charge in [-0.1, -0.05) is 13.8 Å². The molecule has 0 amide bonds. The molecule has 3 rings (SSSR count). The molecule has 116 valence electrons. The summed E-state index contributed by atoms with van der Waals surface area (Å²) in [6.07, 6.45) is -2.09. The Balaban J connectivity index is 2.41. The predicted molar refractivity (Wildman–Crippen MR) is 82.9 cm³/mol. The molecule has 0 fully saturated rings. The van der Waals surface area contributed by atoms with Gasteiger partial charge >= 0.3 is 0 Å². The highest BCUT2D eigenvalue weighted by molar-refractivity contribution is 7.25. The zero-order valence-corrected chi connectivity index (χ0v) is 12.8. The van der Waals surface area contributed by atoms with Crippen LogP contribution in [0.5, 0.6) is 5.75 Å². The molecule has 3 aromatic rings. The summed E-state index contributed by atoms with van der Waals surface area (Å²) in [6, 6.07) is 2.43. The number of H-pyrrole nitrogens is 1. The van der Waals surface area contributed by atoms with E-state index in [1.54, 1.807) is 0 Å². The van der Waals surface area contributed by atoms with Crippen LogP contribution in [0.25, 0.3) is 20.4 Å². The molecule has 0 aliphatic rings. The Morgan fingerprint density at radius 1 is 1.36 bits per heavy atom. The fraction of sp³-hybridized carbons (Fsp3) is 0.333. The van der Waals surface area contributed by atoms with Crippen LogP contribution in [0.4, 0.5) is 8.78 Å². The Morgan fingerprint density at radius 3 is 2.73 bits per heavy atom. The summed E-state index contributed by atoms with van der Waals surface area (Å²) in [4.78, 5) is 18.9. The molecule has 0 radical (unpaired) electrons. The normalized spacial score (nSPS) is 12.1. The molecule has 4 nitrogen and oxygen atoms in total. The first kappa shape index (κ1) is 14.9. The van der Waals surface area contributed by atoms with Crippen LogP contribution in [0.3, 0.4) is 0 Å². The number of nitrogens with zero attached hydrogens (tertiary/aromatic N) is 1. The van der Waals surface area contributed by atoms with Crippen molar-refractivity contribution in [1.82, 2.24) is 9.97 Å². The zero-order valence-electron chi connectivity index (χ0n) is 12.0. The minimum atomic E-state index is -2.68. The van der Waals surface area contributed by atoms with E-state index >= 15 is 0 Å². The molecule has 0 aromatic carbocycles. The van der Waals surface area contributed by atoms with E-state index in [0.29, 0.717) is 21.6 Å². The third kappa shape index (κ3) is 2.45. The molecule has 0 aliphatic heterocycles. The quantitative estimate of drug-likeness (QED) is 0.766. The first-order valence-corrected chi connectivity index (χ1v) is 7.65. The Bertz CT molecular complexity index is 915. The number of fused-ring (bicyclic) bond motifs is 3. The number of thiophene rings is 1. The maximum atomic E-state index is 13.4. The zero-order chi connectivity index (χ0) is 16.0. The summed E-state index contributed by atoms with van der Waals surface area (Å²) in [5, 5.41) is 10.1. The molecule has 0 saturated carbocycles. The van der Waals surface area contributed by atoms with E-state index in [1.165, 1.54) is 6.07 Å². The summed E-state index contributed by atoms with van der Waals surface area (Å²) >= 11 is 1.11. The molecule has 0 aliphatic carbocycles. The molecule has 3 heterocycles. The number of aromatic nitrogens is 2. The largest absolute Gasteiger partial charge is 0.506 e. The minimum Gasteiger partial charge on any atom is -0.506 e. The number of nitrogens with one attached hydrogen (secondary N) is 1. The van der Waals surface area contributed by atoms with Gasteiger partial charge in [0.05, 0.1) is 10.2 Å². The first-order chi connectivity index (χ1) is 10.4. The average Bonchev–Trinajstić information content (AvgIpc) is 2.75. The number of hydrogen-bond donors (Lipinski definition) is 2. The lowest BCUT2D eigenvalue weighted by atomic mass is 10.0. The second-order valence-corrected chi connectivity index (χ2v) is 6.61. The van der Waals surface area contributed by atoms with Crippen molar-refractivity contribution in [3.05, 3.63) is 33.7 Å². The van der Waals surface area contributed by atoms with Crippen molar-refractivity contribution >= 4 is 31.8 Å². The standard InChI is InChI=1S/C15H14F2N2O2S/c1-6(2)3-7-4-8(14(16)17)11-12-13(22-15(11)18-7)9(20)5-10(21)19-12/h4-6,14H,3H2,1-2H3,(H2,19,20,21). The monoisotopic (exact) mass is 324 g/mol. The Hall–Kier alpha value is -2.02. The lowest BCUT2D eigenvalue weighted by Gasteiger charge is -2.08. The smallest absolute Gasteiger partial charge is 0.264 e. The highest BCUT2D eigenvalue weighted by Crippen LogP contribution is 2.40. The van der Waals surface area contributed by atoms with Crippen LogP contribution in [0.1, 0.15) is 31.5 Å². The number of pyridine rings is 2. The maximum absolute atomic E-state index is 13.4. The van der Waals surface area contributed by atoms with Crippen molar-refractivity contribution in [2.24, 2.45) is 5.92 Å². The van der Waals surface area contributed by atoms with E-state index in [2.05, 4.69) is 9.97 Å². The van der Waals surface area contributed by atoms with E-state index in [4.69, 9.17) is 0 Å². The maximum Gasteiger partial charge on any atom is 0.264 e. The van der Waals surface area contributed by atoms with Crippen LogP contribution in [0.2, 0.25) is 0 Å². The van der Waals surface area contributed by atoms with Gasteiger partial charge in [0, 0.05) is 22.7 Å². The number of alkyl halides is 2. The topological polar surface area (TPSA) is 66.0 Å². The molecule has 0 spiro atoms. The minimum absolute atomic E-state index is 0.159. The van der Waals surface area contributed by atoms with Gasteiger partial charge in [-0.25, -0.2) is 13.8 Å². The molecular weight excluding hydrogens is 310 g/mol. The molecule has 0 unspecified atom stereocenters. The lowest BCUT2D eigenvalue weighted by Crippen LogP contribution is -2.03. The number of halogens is 2. The van der Waals surface area contributed by atoms with Gasteiger partial charge in [0.15, 0.2) is 0 Å². The van der Waals surface area contributed by atoms with E-state index in [-0.39, 0.29) is 28.1 Å². The van der Waals surface area contributed by atoms with Gasteiger partial charge in [0.2, 0.25) is 0 Å². The van der Waals surface area contributed by atoms with Crippen LogP contribution in [-0.2, 0) is 6.42 Å². The Morgan fingerprint density at radius 2 is 2.09 bits per heavy atom. The van der Waals surface area contributed by atoms with E-state index in [0.717, 1.165) is 17.4 Å². The summed E-state index contributed by atoms with van der Waals surface area (Å²) in [5.41, 5.74) is 0.124. The summed E-state index contributed by atoms with van der Waals surface area (Å²) in [7, 11) is 0. The molecule has 7 heteroatoms. The third-order valence-electron chi connectivity index (χ3n) is 3.35. The molecular formula is C15H14F2N2O2S. The van der Waals surface area contributed by atoms with E-state index in [9.17, 15) is 18.7 Å². The van der Waals surface area contributed by atoms with Crippen molar-refractivity contribution in [3.63, 3.8) is 0 Å². The van der Waals surface area contributed by atoms with Gasteiger partial charge in [-0.15, -0.1) is 11.3 Å². The molecule has 0 saturated heterocycles. The first-order valence-electron chi connectivity index (χ1n) is 6.83. The van der Waals surface area contributed by atoms with Crippen LogP contribution in [-0.4, -0.2) is 15.1 Å². The molecule has 2 N–H and O–H groups in total. The second kappa shape index (κ2) is 5.31. The van der Waals surface area contributed by atoms with Crippen molar-refractivity contribution in [2.75, 3.05) is 0 Å². The van der Waals surface area contributed by atoms with Crippen LogP contribution in [0, 0.1) is 5.92 Å². The van der Waals surface area contributed by atoms with Crippen LogP contribution < -0.4 is 5.56 Å². The van der Waals surface area contributed by atoms with Crippen LogP contribution >= 0.6 is 11.3 Å². The van der Waals surface area contributed by atoms with Crippen molar-refractivity contribution in [3.8, 4) is 5.75 Å². The summed E-state index contributed by atoms with van der Waals surface area (Å²) < 4.78 is 27.3. The Kier molecular flexibility index (Phi) is 3.60. The van der Waals surface area contributed by atoms with Crippen molar-refractivity contribution < 1.29 is 13.9 Å². The fourth-order valence-corrected chi connectivity index (χ4v) is 3.62. The van der Waals surface area contributed by atoms with Gasteiger partial charge in [-0.05, 0) is 18.4 Å². The molecule has 0 bridgehead atoms. The number of aromatic amines is 1. The molecule has 3 aromatic heterocycles. The van der Waals surface area contributed by atoms with Gasteiger partial charge in [-0.2, -0.15) is 0 Å². The number of rotatable bonds is 3.